The molecule has 76 valence electrons. The second kappa shape index (κ2) is 3.69. The first kappa shape index (κ1) is 9.05. The van der Waals surface area contributed by atoms with Crippen molar-refractivity contribution < 1.29 is 13.9 Å². The van der Waals surface area contributed by atoms with Crippen LogP contribution in [0, 0.1) is 0 Å². The first-order chi connectivity index (χ1) is 6.79. The Balaban J connectivity index is 1.97. The summed E-state index contributed by atoms with van der Waals surface area (Å²) in [6.45, 7) is 2.10. The minimum atomic E-state index is -0.444. The summed E-state index contributed by atoms with van der Waals surface area (Å²) in [6, 6.07) is 0.860. The first-order valence-corrected chi connectivity index (χ1v) is 4.68. The molecule has 0 bridgehead atoms. The lowest BCUT2D eigenvalue weighted by Gasteiger charge is -1.96. The Bertz CT molecular complexity index is 331. The van der Waals surface area contributed by atoms with Gasteiger partial charge in [-0.2, -0.15) is 4.98 Å². The lowest BCUT2D eigenvalue weighted by Crippen LogP contribution is -2.06. The highest BCUT2D eigenvalue weighted by atomic mass is 16.5. The van der Waals surface area contributed by atoms with Crippen molar-refractivity contribution in [1.29, 1.82) is 0 Å². The van der Waals surface area contributed by atoms with E-state index in [1.54, 1.807) is 6.92 Å². The maximum Gasteiger partial charge on any atom is 0.360 e. The van der Waals surface area contributed by atoms with Crippen molar-refractivity contribution in [3.8, 4) is 0 Å². The summed E-state index contributed by atoms with van der Waals surface area (Å²) in [5.41, 5.74) is 0.218. The van der Waals surface area contributed by atoms with Gasteiger partial charge >= 0.3 is 5.97 Å². The van der Waals surface area contributed by atoms with Gasteiger partial charge in [0.2, 0.25) is 0 Å². The molecule has 1 N–H and O–H groups in total. The number of esters is 1. The SMILES string of the molecule is CCOC(=O)c1coc(NC2CC2)n1. The molecule has 0 aliphatic heterocycles. The number of aromatic nitrogens is 1. The fourth-order valence-electron chi connectivity index (χ4n) is 1.04. The van der Waals surface area contributed by atoms with Gasteiger partial charge in [-0.1, -0.05) is 0 Å². The summed E-state index contributed by atoms with van der Waals surface area (Å²) >= 11 is 0. The van der Waals surface area contributed by atoms with E-state index in [0.29, 0.717) is 18.7 Å². The van der Waals surface area contributed by atoms with Crippen molar-refractivity contribution in [2.75, 3.05) is 11.9 Å². The van der Waals surface area contributed by atoms with Crippen molar-refractivity contribution in [2.45, 2.75) is 25.8 Å². The van der Waals surface area contributed by atoms with E-state index in [1.165, 1.54) is 6.26 Å². The zero-order chi connectivity index (χ0) is 9.97. The fraction of sp³-hybridized carbons (Fsp3) is 0.556. The summed E-state index contributed by atoms with van der Waals surface area (Å²) in [7, 11) is 0. The number of carbonyl (C=O) groups excluding carboxylic acids is 1. The maximum absolute atomic E-state index is 11.2. The van der Waals surface area contributed by atoms with Gasteiger partial charge in [0.1, 0.15) is 6.26 Å². The van der Waals surface area contributed by atoms with E-state index in [1.807, 2.05) is 0 Å². The van der Waals surface area contributed by atoms with Gasteiger partial charge in [-0.3, -0.25) is 0 Å². The van der Waals surface area contributed by atoms with Crippen LogP contribution in [0.2, 0.25) is 0 Å². The van der Waals surface area contributed by atoms with Gasteiger partial charge in [0.05, 0.1) is 6.61 Å². The number of carbonyl (C=O) groups is 1. The van der Waals surface area contributed by atoms with Crippen molar-refractivity contribution >= 4 is 12.0 Å². The number of ether oxygens (including phenoxy) is 1. The van der Waals surface area contributed by atoms with Crippen LogP contribution in [0.15, 0.2) is 10.7 Å². The third kappa shape index (κ3) is 2.04. The normalized spacial score (nSPS) is 15.2. The molecule has 14 heavy (non-hydrogen) atoms. The van der Waals surface area contributed by atoms with E-state index in [0.717, 1.165) is 12.8 Å². The Morgan fingerprint density at radius 1 is 1.79 bits per heavy atom. The van der Waals surface area contributed by atoms with Gasteiger partial charge in [0.25, 0.3) is 6.01 Å². The molecule has 5 nitrogen and oxygen atoms in total. The van der Waals surface area contributed by atoms with E-state index < -0.39 is 5.97 Å². The molecule has 2 rings (SSSR count). The van der Waals surface area contributed by atoms with E-state index in [4.69, 9.17) is 9.15 Å². The zero-order valence-corrected chi connectivity index (χ0v) is 7.95. The summed E-state index contributed by atoms with van der Waals surface area (Å²) in [6.07, 6.45) is 3.58. The molecule has 0 amide bonds. The van der Waals surface area contributed by atoms with E-state index >= 15 is 0 Å². The average Bonchev–Trinajstić information content (AvgIpc) is 2.82. The molecule has 1 aliphatic rings. The molecule has 0 saturated heterocycles. The minimum Gasteiger partial charge on any atom is -0.461 e. The summed E-state index contributed by atoms with van der Waals surface area (Å²) in [5, 5.41) is 3.05. The second-order valence-corrected chi connectivity index (χ2v) is 3.18. The number of nitrogens with one attached hydrogen (secondary N) is 1. The Kier molecular flexibility index (Phi) is 2.39. The Labute approximate surface area is 81.5 Å². The molecule has 1 fully saturated rings. The first-order valence-electron chi connectivity index (χ1n) is 4.68. The van der Waals surface area contributed by atoms with Crippen LogP contribution in [0.5, 0.6) is 0 Å². The molecule has 1 aromatic heterocycles. The Hall–Kier alpha value is -1.52. The Morgan fingerprint density at radius 3 is 3.21 bits per heavy atom. The molecule has 1 aliphatic carbocycles. The predicted molar refractivity (Wildman–Crippen MR) is 49.1 cm³/mol. The van der Waals surface area contributed by atoms with Crippen LogP contribution in [0.25, 0.3) is 0 Å². The van der Waals surface area contributed by atoms with Crippen LogP contribution in [-0.4, -0.2) is 23.6 Å². The van der Waals surface area contributed by atoms with Crippen LogP contribution in [0.3, 0.4) is 0 Å². The second-order valence-electron chi connectivity index (χ2n) is 3.18. The van der Waals surface area contributed by atoms with Crippen molar-refractivity contribution in [3.63, 3.8) is 0 Å². The quantitative estimate of drug-likeness (QED) is 0.738. The number of hydrogen-bond acceptors (Lipinski definition) is 5. The van der Waals surface area contributed by atoms with Crippen LogP contribution >= 0.6 is 0 Å². The topological polar surface area (TPSA) is 64.4 Å². The average molecular weight is 196 g/mol. The molecular weight excluding hydrogens is 184 g/mol. The van der Waals surface area contributed by atoms with Gasteiger partial charge in [0, 0.05) is 6.04 Å². The molecule has 0 aromatic carbocycles. The molecule has 0 atom stereocenters. The molecule has 0 radical (unpaired) electrons. The maximum atomic E-state index is 11.2. The zero-order valence-electron chi connectivity index (χ0n) is 7.95. The van der Waals surface area contributed by atoms with Crippen LogP contribution < -0.4 is 5.32 Å². The van der Waals surface area contributed by atoms with Gasteiger partial charge in [-0.05, 0) is 19.8 Å². The van der Waals surface area contributed by atoms with Crippen molar-refractivity contribution in [1.82, 2.24) is 4.98 Å². The van der Waals surface area contributed by atoms with E-state index in [9.17, 15) is 4.79 Å². The highest BCUT2D eigenvalue weighted by Gasteiger charge is 2.23. The molecule has 0 spiro atoms. The summed E-state index contributed by atoms with van der Waals surface area (Å²) in [4.78, 5) is 15.1. The number of hydrogen-bond donors (Lipinski definition) is 1. The van der Waals surface area contributed by atoms with Crippen molar-refractivity contribution in [2.24, 2.45) is 0 Å². The fourth-order valence-corrected chi connectivity index (χ4v) is 1.04. The smallest absolute Gasteiger partial charge is 0.360 e. The van der Waals surface area contributed by atoms with Crippen LogP contribution in [0.1, 0.15) is 30.3 Å². The standard InChI is InChI=1S/C9H12N2O3/c1-2-13-8(12)7-5-14-9(11-7)10-6-3-4-6/h5-6H,2-4H2,1H3,(H,10,11). The molecule has 0 unspecified atom stereocenters. The number of rotatable bonds is 4. The molecule has 5 heteroatoms. The summed E-state index contributed by atoms with van der Waals surface area (Å²) < 4.78 is 9.83. The van der Waals surface area contributed by atoms with E-state index in [2.05, 4.69) is 10.3 Å². The third-order valence-corrected chi connectivity index (χ3v) is 1.89. The molecule has 1 heterocycles. The van der Waals surface area contributed by atoms with Gasteiger partial charge in [-0.25, -0.2) is 4.79 Å². The predicted octanol–water partition coefficient (Wildman–Crippen LogP) is 1.43. The molecular formula is C9H12N2O3. The van der Waals surface area contributed by atoms with E-state index in [-0.39, 0.29) is 5.69 Å². The largest absolute Gasteiger partial charge is 0.461 e. The number of anilines is 1. The van der Waals surface area contributed by atoms with Crippen LogP contribution in [-0.2, 0) is 4.74 Å². The van der Waals surface area contributed by atoms with Gasteiger partial charge in [0.15, 0.2) is 5.69 Å². The molecule has 1 aromatic rings. The van der Waals surface area contributed by atoms with Crippen molar-refractivity contribution in [3.05, 3.63) is 12.0 Å². The van der Waals surface area contributed by atoms with Gasteiger partial charge in [-0.15, -0.1) is 0 Å². The number of nitrogens with zero attached hydrogens (tertiary/aromatic N) is 1. The minimum absolute atomic E-state index is 0.218. The highest BCUT2D eigenvalue weighted by Crippen LogP contribution is 2.24. The lowest BCUT2D eigenvalue weighted by atomic mass is 10.5. The number of oxazole rings is 1. The van der Waals surface area contributed by atoms with Crippen LogP contribution in [0.4, 0.5) is 6.01 Å². The summed E-state index contributed by atoms with van der Waals surface area (Å²) in [5.74, 6) is -0.444. The lowest BCUT2D eigenvalue weighted by molar-refractivity contribution is 0.0519. The Morgan fingerprint density at radius 2 is 2.57 bits per heavy atom. The third-order valence-electron chi connectivity index (χ3n) is 1.89. The monoisotopic (exact) mass is 196 g/mol. The highest BCUT2D eigenvalue weighted by molar-refractivity contribution is 5.87. The van der Waals surface area contributed by atoms with Gasteiger partial charge < -0.3 is 14.5 Å². The molecule has 1 saturated carbocycles.